The molecule has 4 nitrogen and oxygen atoms in total. The molecule has 2 fully saturated rings. The number of carbonyl (C=O) groups is 2. The minimum atomic E-state index is -0.274. The molecule has 2 unspecified atom stereocenters. The Morgan fingerprint density at radius 3 is 2.86 bits per heavy atom. The van der Waals surface area contributed by atoms with E-state index in [-0.39, 0.29) is 23.9 Å². The Kier molecular flexibility index (Phi) is 3.25. The first-order valence-electron chi connectivity index (χ1n) is 7.90. The number of amides is 2. The van der Waals surface area contributed by atoms with Crippen LogP contribution in [0.3, 0.4) is 0 Å². The Bertz CT molecular complexity index is 579. The fourth-order valence-corrected chi connectivity index (χ4v) is 4.64. The fraction of sp³-hybridized carbons (Fsp3) is 0.625. The molecule has 0 aromatic carbocycles. The second-order valence-electron chi connectivity index (χ2n) is 6.37. The molecule has 1 N–H and O–H groups in total. The Hall–Kier alpha value is -1.36. The highest BCUT2D eigenvalue weighted by molar-refractivity contribution is 7.10. The smallest absolute Gasteiger partial charge is 0.245 e. The van der Waals surface area contributed by atoms with Crippen LogP contribution in [-0.2, 0) is 16.0 Å². The van der Waals surface area contributed by atoms with Gasteiger partial charge in [0.1, 0.15) is 6.04 Å². The molecule has 1 aliphatic heterocycles. The second-order valence-corrected chi connectivity index (χ2v) is 7.37. The van der Waals surface area contributed by atoms with Gasteiger partial charge in [-0.25, -0.2) is 0 Å². The van der Waals surface area contributed by atoms with E-state index in [2.05, 4.69) is 16.8 Å². The van der Waals surface area contributed by atoms with Crippen molar-refractivity contribution >= 4 is 23.2 Å². The van der Waals surface area contributed by atoms with Crippen LogP contribution in [0.4, 0.5) is 0 Å². The van der Waals surface area contributed by atoms with Crippen molar-refractivity contribution in [1.29, 1.82) is 0 Å². The van der Waals surface area contributed by atoms with Crippen LogP contribution in [0.5, 0.6) is 0 Å². The highest BCUT2D eigenvalue weighted by atomic mass is 32.1. The van der Waals surface area contributed by atoms with E-state index in [4.69, 9.17) is 0 Å². The van der Waals surface area contributed by atoms with Crippen molar-refractivity contribution in [3.8, 4) is 0 Å². The number of nitrogens with one attached hydrogen (secondary N) is 1. The van der Waals surface area contributed by atoms with E-state index in [1.165, 1.54) is 10.4 Å². The minimum absolute atomic E-state index is 0.0316. The summed E-state index contributed by atoms with van der Waals surface area (Å²) in [5, 5.41) is 5.08. The van der Waals surface area contributed by atoms with E-state index in [0.29, 0.717) is 18.9 Å². The molecular formula is C16H20N2O2S. The van der Waals surface area contributed by atoms with Crippen molar-refractivity contribution in [1.82, 2.24) is 10.2 Å². The number of rotatable bonds is 2. The SMILES string of the molecule is O=C1CCN(C2CCCc3sccc32)C(=O)C(C2CC2)N1. The number of hydrogen-bond acceptors (Lipinski definition) is 3. The highest BCUT2D eigenvalue weighted by Gasteiger charge is 2.43. The third-order valence-electron chi connectivity index (χ3n) is 4.94. The molecule has 4 rings (SSSR count). The third-order valence-corrected chi connectivity index (χ3v) is 5.93. The summed E-state index contributed by atoms with van der Waals surface area (Å²) in [5.74, 6) is 0.545. The summed E-state index contributed by atoms with van der Waals surface area (Å²) in [7, 11) is 0. The Labute approximate surface area is 128 Å². The van der Waals surface area contributed by atoms with Gasteiger partial charge in [-0.1, -0.05) is 0 Å². The van der Waals surface area contributed by atoms with Crippen LogP contribution in [0, 0.1) is 5.92 Å². The van der Waals surface area contributed by atoms with Gasteiger partial charge in [0.15, 0.2) is 0 Å². The van der Waals surface area contributed by atoms with Gasteiger partial charge < -0.3 is 10.2 Å². The van der Waals surface area contributed by atoms with Gasteiger partial charge in [-0.2, -0.15) is 0 Å². The van der Waals surface area contributed by atoms with E-state index >= 15 is 0 Å². The molecule has 1 saturated carbocycles. The van der Waals surface area contributed by atoms with Crippen LogP contribution < -0.4 is 5.32 Å². The van der Waals surface area contributed by atoms with Crippen LogP contribution >= 0.6 is 11.3 Å². The topological polar surface area (TPSA) is 49.4 Å². The van der Waals surface area contributed by atoms with Gasteiger partial charge in [0, 0.05) is 17.8 Å². The lowest BCUT2D eigenvalue weighted by atomic mass is 9.92. The third kappa shape index (κ3) is 2.37. The van der Waals surface area contributed by atoms with Gasteiger partial charge in [-0.05, 0) is 55.0 Å². The molecule has 1 saturated heterocycles. The van der Waals surface area contributed by atoms with Gasteiger partial charge >= 0.3 is 0 Å². The zero-order valence-corrected chi connectivity index (χ0v) is 12.8. The number of hydrogen-bond donors (Lipinski definition) is 1. The van der Waals surface area contributed by atoms with Crippen LogP contribution in [0.25, 0.3) is 0 Å². The summed E-state index contributed by atoms with van der Waals surface area (Å²) in [6.07, 6.45) is 5.87. The van der Waals surface area contributed by atoms with E-state index in [1.54, 1.807) is 11.3 Å². The van der Waals surface area contributed by atoms with Crippen LogP contribution in [0.1, 0.15) is 48.6 Å². The summed E-state index contributed by atoms with van der Waals surface area (Å²) in [6, 6.07) is 2.08. The zero-order valence-electron chi connectivity index (χ0n) is 12.0. The Morgan fingerprint density at radius 1 is 1.19 bits per heavy atom. The summed E-state index contributed by atoms with van der Waals surface area (Å²) in [4.78, 5) is 28.2. The lowest BCUT2D eigenvalue weighted by Gasteiger charge is -2.35. The van der Waals surface area contributed by atoms with E-state index < -0.39 is 0 Å². The van der Waals surface area contributed by atoms with Crippen LogP contribution in [-0.4, -0.2) is 29.3 Å². The molecule has 1 aromatic heterocycles. The van der Waals surface area contributed by atoms with Crippen molar-refractivity contribution in [2.24, 2.45) is 5.92 Å². The first-order valence-corrected chi connectivity index (χ1v) is 8.78. The lowest BCUT2D eigenvalue weighted by molar-refractivity contribution is -0.136. The maximum absolute atomic E-state index is 12.9. The summed E-state index contributed by atoms with van der Waals surface area (Å²) >= 11 is 1.80. The van der Waals surface area contributed by atoms with Gasteiger partial charge in [0.25, 0.3) is 0 Å². The number of aryl methyl sites for hydroxylation is 1. The van der Waals surface area contributed by atoms with Gasteiger partial charge in [-0.15, -0.1) is 11.3 Å². The summed E-state index contributed by atoms with van der Waals surface area (Å²) in [6.45, 7) is 0.563. The van der Waals surface area contributed by atoms with E-state index in [9.17, 15) is 9.59 Å². The molecule has 2 heterocycles. The highest BCUT2D eigenvalue weighted by Crippen LogP contribution is 2.40. The summed E-state index contributed by atoms with van der Waals surface area (Å²) < 4.78 is 0. The number of thiophene rings is 1. The molecule has 2 atom stereocenters. The quantitative estimate of drug-likeness (QED) is 0.911. The molecule has 21 heavy (non-hydrogen) atoms. The van der Waals surface area contributed by atoms with Crippen molar-refractivity contribution in [3.63, 3.8) is 0 Å². The molecule has 5 heteroatoms. The Balaban J connectivity index is 1.64. The van der Waals surface area contributed by atoms with Gasteiger partial charge in [0.2, 0.25) is 11.8 Å². The average Bonchev–Trinajstić information content (AvgIpc) is 3.22. The van der Waals surface area contributed by atoms with Crippen molar-refractivity contribution in [2.75, 3.05) is 6.54 Å². The molecule has 0 radical (unpaired) electrons. The first kappa shape index (κ1) is 13.3. The normalized spacial score (nSPS) is 29.8. The van der Waals surface area contributed by atoms with Crippen LogP contribution in [0.2, 0.25) is 0 Å². The predicted octanol–water partition coefficient (Wildman–Crippen LogP) is 2.25. The van der Waals surface area contributed by atoms with Crippen molar-refractivity contribution in [3.05, 3.63) is 21.9 Å². The van der Waals surface area contributed by atoms with E-state index in [1.807, 2.05) is 4.90 Å². The number of nitrogens with zero attached hydrogens (tertiary/aromatic N) is 1. The minimum Gasteiger partial charge on any atom is -0.344 e. The molecule has 112 valence electrons. The standard InChI is InChI=1S/C16H20N2O2S/c19-14-6-8-18(16(20)15(17-14)10-4-5-10)12-2-1-3-13-11(12)7-9-21-13/h7,9-10,12,15H,1-6,8H2,(H,17,19). The molecule has 3 aliphatic rings. The molecule has 2 amide bonds. The molecule has 0 spiro atoms. The molecule has 2 aliphatic carbocycles. The van der Waals surface area contributed by atoms with Crippen molar-refractivity contribution in [2.45, 2.75) is 50.6 Å². The zero-order chi connectivity index (χ0) is 14.4. The lowest BCUT2D eigenvalue weighted by Crippen LogP contribution is -2.47. The number of fused-ring (bicyclic) bond motifs is 1. The van der Waals surface area contributed by atoms with Crippen LogP contribution in [0.15, 0.2) is 11.4 Å². The maximum Gasteiger partial charge on any atom is 0.245 e. The largest absolute Gasteiger partial charge is 0.344 e. The second kappa shape index (κ2) is 5.13. The molecular weight excluding hydrogens is 284 g/mol. The fourth-order valence-electron chi connectivity index (χ4n) is 3.66. The molecule has 0 bridgehead atoms. The Morgan fingerprint density at radius 2 is 2.05 bits per heavy atom. The molecule has 1 aromatic rings. The van der Waals surface area contributed by atoms with Gasteiger partial charge in [-0.3, -0.25) is 9.59 Å². The average molecular weight is 304 g/mol. The monoisotopic (exact) mass is 304 g/mol. The maximum atomic E-state index is 12.9. The first-order chi connectivity index (χ1) is 10.2. The van der Waals surface area contributed by atoms with Crippen molar-refractivity contribution < 1.29 is 9.59 Å². The van der Waals surface area contributed by atoms with E-state index in [0.717, 1.165) is 32.1 Å². The predicted molar refractivity (Wildman–Crippen MR) is 81.0 cm³/mol. The number of carbonyl (C=O) groups excluding carboxylic acids is 2. The van der Waals surface area contributed by atoms with Gasteiger partial charge in [0.05, 0.1) is 6.04 Å². The summed E-state index contributed by atoms with van der Waals surface area (Å²) in [5.41, 5.74) is 1.32.